The van der Waals surface area contributed by atoms with E-state index >= 15 is 0 Å². The molecule has 35 heavy (non-hydrogen) atoms. The van der Waals surface area contributed by atoms with Gasteiger partial charge >= 0.3 is 12.1 Å². The van der Waals surface area contributed by atoms with Crippen LogP contribution in [-0.2, 0) is 21.0 Å². The summed E-state index contributed by atoms with van der Waals surface area (Å²) in [5.74, 6) is -1.52. The number of anilines is 2. The van der Waals surface area contributed by atoms with E-state index in [0.29, 0.717) is 18.5 Å². The third-order valence-electron chi connectivity index (χ3n) is 5.69. The lowest BCUT2D eigenvalue weighted by molar-refractivity contribution is -0.141. The van der Waals surface area contributed by atoms with Gasteiger partial charge in [0.1, 0.15) is 11.6 Å². The SMILES string of the molecule is Cc1ccccc1-c1nc(NS(=O)(=O)c2cccc(N3CC[C@@H](C(=O)O)C3)n2)ccc1C(F)(F)F. The van der Waals surface area contributed by atoms with Crippen LogP contribution in [0.2, 0.25) is 0 Å². The molecule has 3 heterocycles. The number of carboxylic acid groups (broad SMARTS) is 1. The molecule has 4 rings (SSSR count). The Morgan fingerprint density at radius 1 is 1.09 bits per heavy atom. The van der Waals surface area contributed by atoms with Crippen molar-refractivity contribution in [3.63, 3.8) is 0 Å². The molecule has 2 aromatic heterocycles. The van der Waals surface area contributed by atoms with E-state index in [2.05, 4.69) is 14.7 Å². The quantitative estimate of drug-likeness (QED) is 0.516. The van der Waals surface area contributed by atoms with Crippen LogP contribution in [0.4, 0.5) is 24.8 Å². The summed E-state index contributed by atoms with van der Waals surface area (Å²) >= 11 is 0. The predicted octanol–water partition coefficient (Wildman–Crippen LogP) is 4.18. The number of nitrogens with one attached hydrogen (secondary N) is 1. The molecule has 184 valence electrons. The van der Waals surface area contributed by atoms with Gasteiger partial charge in [-0.3, -0.25) is 9.52 Å². The van der Waals surface area contributed by atoms with E-state index in [4.69, 9.17) is 0 Å². The highest BCUT2D eigenvalue weighted by molar-refractivity contribution is 7.92. The average molecular weight is 507 g/mol. The lowest BCUT2D eigenvalue weighted by Gasteiger charge is -2.18. The molecule has 0 radical (unpaired) electrons. The molecule has 1 aliphatic heterocycles. The van der Waals surface area contributed by atoms with Crippen molar-refractivity contribution in [2.45, 2.75) is 24.5 Å². The second-order valence-corrected chi connectivity index (χ2v) is 9.74. The number of benzene rings is 1. The molecule has 0 spiro atoms. The Morgan fingerprint density at radius 3 is 2.49 bits per heavy atom. The van der Waals surface area contributed by atoms with Gasteiger partial charge in [0.05, 0.1) is 17.2 Å². The number of halogens is 3. The van der Waals surface area contributed by atoms with E-state index in [1.165, 1.54) is 18.2 Å². The smallest absolute Gasteiger partial charge is 0.418 e. The first kappa shape index (κ1) is 24.5. The number of hydrogen-bond donors (Lipinski definition) is 2. The lowest BCUT2D eigenvalue weighted by atomic mass is 10.0. The van der Waals surface area contributed by atoms with Crippen LogP contribution in [0.1, 0.15) is 17.5 Å². The zero-order valence-electron chi connectivity index (χ0n) is 18.5. The molecule has 0 amide bonds. The third-order valence-corrected chi connectivity index (χ3v) is 6.94. The Bertz CT molecular complexity index is 1380. The monoisotopic (exact) mass is 506 g/mol. The van der Waals surface area contributed by atoms with Crippen molar-refractivity contribution in [3.8, 4) is 11.3 Å². The Hall–Kier alpha value is -3.67. The first-order valence-corrected chi connectivity index (χ1v) is 12.1. The molecule has 0 bridgehead atoms. The number of pyridine rings is 2. The van der Waals surface area contributed by atoms with Crippen molar-refractivity contribution in [1.82, 2.24) is 9.97 Å². The van der Waals surface area contributed by atoms with Gasteiger partial charge in [-0.05, 0) is 43.2 Å². The third kappa shape index (κ3) is 5.21. The number of carbonyl (C=O) groups is 1. The number of sulfonamides is 1. The first-order chi connectivity index (χ1) is 16.5. The summed E-state index contributed by atoms with van der Waals surface area (Å²) in [7, 11) is -4.30. The number of nitrogens with zero attached hydrogens (tertiary/aromatic N) is 3. The summed E-state index contributed by atoms with van der Waals surface area (Å²) in [4.78, 5) is 21.0. The molecule has 1 fully saturated rings. The number of rotatable bonds is 6. The Morgan fingerprint density at radius 2 is 1.83 bits per heavy atom. The minimum Gasteiger partial charge on any atom is -0.481 e. The fourth-order valence-electron chi connectivity index (χ4n) is 3.88. The van der Waals surface area contributed by atoms with E-state index in [1.54, 1.807) is 36.1 Å². The van der Waals surface area contributed by atoms with Gasteiger partial charge in [-0.2, -0.15) is 21.6 Å². The molecule has 0 unspecified atom stereocenters. The minimum absolute atomic E-state index is 0.194. The normalized spacial score (nSPS) is 16.3. The van der Waals surface area contributed by atoms with Crippen LogP contribution < -0.4 is 9.62 Å². The Balaban J connectivity index is 1.66. The van der Waals surface area contributed by atoms with Crippen molar-refractivity contribution in [2.75, 3.05) is 22.7 Å². The Labute approximate surface area is 199 Å². The van der Waals surface area contributed by atoms with Gasteiger partial charge in [-0.15, -0.1) is 0 Å². The first-order valence-electron chi connectivity index (χ1n) is 10.6. The highest BCUT2D eigenvalue weighted by atomic mass is 32.2. The maximum absolute atomic E-state index is 13.6. The van der Waals surface area contributed by atoms with Gasteiger partial charge in [0.15, 0.2) is 5.03 Å². The van der Waals surface area contributed by atoms with Crippen LogP contribution in [0.15, 0.2) is 59.6 Å². The molecule has 1 aromatic carbocycles. The van der Waals surface area contributed by atoms with Crippen molar-refractivity contribution < 1.29 is 31.5 Å². The highest BCUT2D eigenvalue weighted by Crippen LogP contribution is 2.38. The van der Waals surface area contributed by atoms with Crippen molar-refractivity contribution in [2.24, 2.45) is 5.92 Å². The van der Waals surface area contributed by atoms with Crippen molar-refractivity contribution in [1.29, 1.82) is 0 Å². The molecule has 0 saturated carbocycles. The van der Waals surface area contributed by atoms with Gasteiger partial charge in [-0.1, -0.05) is 30.3 Å². The van der Waals surface area contributed by atoms with Crippen LogP contribution in [0, 0.1) is 12.8 Å². The van der Waals surface area contributed by atoms with E-state index in [1.807, 2.05) is 0 Å². The molecule has 0 aliphatic carbocycles. The maximum atomic E-state index is 13.6. The second kappa shape index (κ2) is 9.17. The van der Waals surface area contributed by atoms with E-state index in [9.17, 15) is 31.5 Å². The van der Waals surface area contributed by atoms with Crippen molar-refractivity contribution >= 4 is 27.6 Å². The fraction of sp³-hybridized carbons (Fsp3) is 0.261. The molecule has 2 N–H and O–H groups in total. The van der Waals surface area contributed by atoms with Gasteiger partial charge in [0.25, 0.3) is 10.0 Å². The zero-order valence-corrected chi connectivity index (χ0v) is 19.3. The largest absolute Gasteiger partial charge is 0.481 e. The number of alkyl halides is 3. The number of hydrogen-bond acceptors (Lipinski definition) is 6. The summed E-state index contributed by atoms with van der Waals surface area (Å²) in [6.45, 7) is 2.23. The van der Waals surface area contributed by atoms with Gasteiger partial charge in [0, 0.05) is 18.7 Å². The summed E-state index contributed by atoms with van der Waals surface area (Å²) < 4.78 is 69.1. The number of aromatic nitrogens is 2. The molecular weight excluding hydrogens is 485 g/mol. The van der Waals surface area contributed by atoms with Crippen LogP contribution in [0.3, 0.4) is 0 Å². The van der Waals surface area contributed by atoms with Crippen LogP contribution in [0.5, 0.6) is 0 Å². The molecule has 12 heteroatoms. The molecule has 1 saturated heterocycles. The molecule has 3 aromatic rings. The average Bonchev–Trinajstić information content (AvgIpc) is 3.29. The second-order valence-electron chi connectivity index (χ2n) is 8.11. The molecular formula is C23H21F3N4O4S. The number of aliphatic carboxylic acids is 1. The predicted molar refractivity (Wildman–Crippen MR) is 122 cm³/mol. The van der Waals surface area contributed by atoms with Gasteiger partial charge < -0.3 is 10.0 Å². The topological polar surface area (TPSA) is 112 Å². The number of aryl methyl sites for hydroxylation is 1. The van der Waals surface area contributed by atoms with Gasteiger partial charge in [0.2, 0.25) is 0 Å². The molecule has 1 aliphatic rings. The summed E-state index contributed by atoms with van der Waals surface area (Å²) in [6.07, 6.45) is -4.29. The minimum atomic E-state index is -4.69. The maximum Gasteiger partial charge on any atom is 0.418 e. The highest BCUT2D eigenvalue weighted by Gasteiger charge is 2.35. The van der Waals surface area contributed by atoms with E-state index in [0.717, 1.165) is 12.1 Å². The van der Waals surface area contributed by atoms with Crippen LogP contribution >= 0.6 is 0 Å². The van der Waals surface area contributed by atoms with Crippen LogP contribution in [-0.4, -0.2) is 42.6 Å². The number of carboxylic acids is 1. The fourth-order valence-corrected chi connectivity index (χ4v) is 4.84. The molecule has 8 nitrogen and oxygen atoms in total. The lowest BCUT2D eigenvalue weighted by Crippen LogP contribution is -2.24. The molecule has 1 atom stereocenters. The Kier molecular flexibility index (Phi) is 6.41. The standard InChI is InChI=1S/C23H21F3N4O4S/c1-14-5-2-3-6-16(14)21-17(23(24,25)26)9-10-18(27-21)29-35(33,34)20-8-4-7-19(28-20)30-12-11-15(13-30)22(31)32/h2-10,15H,11-13H2,1H3,(H,27,29)(H,31,32)/t15-/m1/s1. The van der Waals surface area contributed by atoms with Gasteiger partial charge in [-0.25, -0.2) is 9.97 Å². The van der Waals surface area contributed by atoms with E-state index < -0.39 is 39.3 Å². The summed E-state index contributed by atoms with van der Waals surface area (Å²) in [5, 5.41) is 8.82. The summed E-state index contributed by atoms with van der Waals surface area (Å²) in [5.41, 5.74) is -0.612. The zero-order chi connectivity index (χ0) is 25.4. The van der Waals surface area contributed by atoms with Crippen LogP contribution in [0.25, 0.3) is 11.3 Å². The summed E-state index contributed by atoms with van der Waals surface area (Å²) in [6, 6.07) is 12.4. The van der Waals surface area contributed by atoms with E-state index in [-0.39, 0.29) is 28.8 Å². The van der Waals surface area contributed by atoms with Crippen molar-refractivity contribution in [3.05, 3.63) is 65.7 Å².